The van der Waals surface area contributed by atoms with Crippen molar-refractivity contribution >= 4 is 11.7 Å². The number of nitrogens with two attached hydrogens (primary N) is 1. The summed E-state index contributed by atoms with van der Waals surface area (Å²) < 4.78 is 0. The molecule has 0 fully saturated rings. The van der Waals surface area contributed by atoms with Crippen molar-refractivity contribution in [3.05, 3.63) is 29.3 Å². The molecule has 0 unspecified atom stereocenters. The highest BCUT2D eigenvalue weighted by Gasteiger charge is 2.06. The van der Waals surface area contributed by atoms with Crippen molar-refractivity contribution in [3.63, 3.8) is 0 Å². The number of aromatic carboxylic acids is 1. The number of nitrogen functional groups attached to an aromatic ring is 1. The van der Waals surface area contributed by atoms with E-state index in [9.17, 15) is 4.79 Å². The van der Waals surface area contributed by atoms with E-state index in [0.717, 1.165) is 18.5 Å². The van der Waals surface area contributed by atoms with E-state index in [2.05, 4.69) is 4.90 Å². The van der Waals surface area contributed by atoms with E-state index >= 15 is 0 Å². The van der Waals surface area contributed by atoms with Gasteiger partial charge in [0.1, 0.15) is 0 Å². The molecule has 0 aliphatic carbocycles. The molecular formula is C11H16N2O2. The molecule has 0 aliphatic heterocycles. The Morgan fingerprint density at radius 1 is 1.47 bits per heavy atom. The molecule has 82 valence electrons. The van der Waals surface area contributed by atoms with Crippen LogP contribution in [0.4, 0.5) is 5.69 Å². The maximum absolute atomic E-state index is 10.7. The summed E-state index contributed by atoms with van der Waals surface area (Å²) in [6, 6.07) is 4.87. The van der Waals surface area contributed by atoms with Crippen molar-refractivity contribution in [1.29, 1.82) is 0 Å². The maximum Gasteiger partial charge on any atom is 0.335 e. The van der Waals surface area contributed by atoms with Gasteiger partial charge in [0.05, 0.1) is 5.56 Å². The molecule has 0 spiro atoms. The Morgan fingerprint density at radius 3 is 2.60 bits per heavy atom. The van der Waals surface area contributed by atoms with Crippen LogP contribution in [0.15, 0.2) is 18.2 Å². The van der Waals surface area contributed by atoms with Crippen LogP contribution in [-0.4, -0.2) is 36.6 Å². The van der Waals surface area contributed by atoms with E-state index in [0.29, 0.717) is 5.69 Å². The Balaban J connectivity index is 2.79. The number of benzene rings is 1. The number of anilines is 1. The first-order chi connectivity index (χ1) is 7.00. The number of nitrogens with zero attached hydrogens (tertiary/aromatic N) is 1. The molecule has 0 aromatic heterocycles. The predicted octanol–water partition coefficient (Wildman–Crippen LogP) is 1.07. The summed E-state index contributed by atoms with van der Waals surface area (Å²) in [5, 5.41) is 8.75. The molecule has 1 aromatic rings. The molecule has 4 nitrogen and oxygen atoms in total. The van der Waals surface area contributed by atoms with Crippen molar-refractivity contribution in [3.8, 4) is 0 Å². The third-order valence-electron chi connectivity index (χ3n) is 2.22. The zero-order valence-corrected chi connectivity index (χ0v) is 9.03. The number of carboxylic acid groups (broad SMARTS) is 1. The average molecular weight is 208 g/mol. The lowest BCUT2D eigenvalue weighted by molar-refractivity contribution is 0.0697. The maximum atomic E-state index is 10.7. The summed E-state index contributed by atoms with van der Waals surface area (Å²) in [6.45, 7) is 0.899. The minimum Gasteiger partial charge on any atom is -0.478 e. The first kappa shape index (κ1) is 11.5. The molecule has 0 saturated heterocycles. The molecule has 0 bridgehead atoms. The third kappa shape index (κ3) is 3.25. The fraction of sp³-hybridized carbons (Fsp3) is 0.364. The van der Waals surface area contributed by atoms with Gasteiger partial charge in [0.15, 0.2) is 0 Å². The second kappa shape index (κ2) is 4.79. The quantitative estimate of drug-likeness (QED) is 0.726. The normalized spacial score (nSPS) is 10.6. The largest absolute Gasteiger partial charge is 0.478 e. The molecule has 0 radical (unpaired) electrons. The summed E-state index contributed by atoms with van der Waals surface area (Å²) in [5.41, 5.74) is 7.55. The van der Waals surface area contributed by atoms with E-state index in [4.69, 9.17) is 10.8 Å². The third-order valence-corrected chi connectivity index (χ3v) is 2.22. The van der Waals surface area contributed by atoms with Gasteiger partial charge in [-0.25, -0.2) is 4.79 Å². The van der Waals surface area contributed by atoms with Gasteiger partial charge < -0.3 is 15.7 Å². The molecule has 15 heavy (non-hydrogen) atoms. The minimum atomic E-state index is -0.944. The molecule has 3 N–H and O–H groups in total. The van der Waals surface area contributed by atoms with Gasteiger partial charge in [0.25, 0.3) is 0 Å². The van der Waals surface area contributed by atoms with Crippen LogP contribution in [-0.2, 0) is 6.42 Å². The van der Waals surface area contributed by atoms with Crippen LogP contribution in [0.1, 0.15) is 15.9 Å². The number of carbonyl (C=O) groups is 1. The molecule has 0 aliphatic rings. The Hall–Kier alpha value is -1.55. The zero-order valence-electron chi connectivity index (χ0n) is 9.03. The van der Waals surface area contributed by atoms with Crippen molar-refractivity contribution < 1.29 is 9.90 Å². The Kier molecular flexibility index (Phi) is 3.68. The number of hydrogen-bond donors (Lipinski definition) is 2. The van der Waals surface area contributed by atoms with Crippen molar-refractivity contribution in [2.24, 2.45) is 0 Å². The summed E-state index contributed by atoms with van der Waals surface area (Å²) >= 11 is 0. The monoisotopic (exact) mass is 208 g/mol. The Labute approximate surface area is 89.3 Å². The summed E-state index contributed by atoms with van der Waals surface area (Å²) in [4.78, 5) is 12.7. The van der Waals surface area contributed by atoms with Gasteiger partial charge in [-0.15, -0.1) is 0 Å². The summed E-state index contributed by atoms with van der Waals surface area (Å²) in [6.07, 6.45) is 0.832. The van der Waals surface area contributed by atoms with E-state index in [1.54, 1.807) is 12.1 Å². The van der Waals surface area contributed by atoms with Gasteiger partial charge in [-0.2, -0.15) is 0 Å². The van der Waals surface area contributed by atoms with Gasteiger partial charge in [-0.05, 0) is 38.2 Å². The molecular weight excluding hydrogens is 192 g/mol. The van der Waals surface area contributed by atoms with Gasteiger partial charge in [-0.1, -0.05) is 6.07 Å². The lowest BCUT2D eigenvalue weighted by Crippen LogP contribution is -2.15. The zero-order chi connectivity index (χ0) is 11.4. The van der Waals surface area contributed by atoms with Gasteiger partial charge in [0, 0.05) is 12.2 Å². The highest BCUT2D eigenvalue weighted by Crippen LogP contribution is 2.15. The van der Waals surface area contributed by atoms with E-state index in [1.807, 2.05) is 14.1 Å². The molecule has 0 heterocycles. The van der Waals surface area contributed by atoms with Crippen LogP contribution >= 0.6 is 0 Å². The Bertz CT molecular complexity index is 362. The van der Waals surface area contributed by atoms with Gasteiger partial charge in [-0.3, -0.25) is 0 Å². The number of carboxylic acids is 1. The van der Waals surface area contributed by atoms with Crippen molar-refractivity contribution in [2.45, 2.75) is 6.42 Å². The van der Waals surface area contributed by atoms with Crippen LogP contribution < -0.4 is 5.73 Å². The molecule has 1 aromatic carbocycles. The van der Waals surface area contributed by atoms with Gasteiger partial charge >= 0.3 is 5.97 Å². The molecule has 4 heteroatoms. The standard InChI is InChI=1S/C11H16N2O2/c1-13(2)6-5-8-3-4-9(11(14)15)7-10(8)12/h3-4,7H,5-6,12H2,1-2H3,(H,14,15). The van der Waals surface area contributed by atoms with E-state index in [1.165, 1.54) is 6.07 Å². The molecule has 0 atom stereocenters. The first-order valence-corrected chi connectivity index (χ1v) is 4.77. The number of rotatable bonds is 4. The van der Waals surface area contributed by atoms with Crippen LogP contribution in [0.5, 0.6) is 0 Å². The molecule has 0 saturated carbocycles. The van der Waals surface area contributed by atoms with Crippen LogP contribution in [0.25, 0.3) is 0 Å². The highest BCUT2D eigenvalue weighted by molar-refractivity contribution is 5.88. The molecule has 0 amide bonds. The second-order valence-corrected chi connectivity index (χ2v) is 3.77. The summed E-state index contributed by atoms with van der Waals surface area (Å²) in [5.74, 6) is -0.944. The average Bonchev–Trinajstić information content (AvgIpc) is 2.15. The lowest BCUT2D eigenvalue weighted by Gasteiger charge is -2.11. The number of likely N-dealkylation sites (N-methyl/N-ethyl adjacent to an activating group) is 1. The Morgan fingerprint density at radius 2 is 2.13 bits per heavy atom. The summed E-state index contributed by atoms with van der Waals surface area (Å²) in [7, 11) is 3.98. The first-order valence-electron chi connectivity index (χ1n) is 4.77. The fourth-order valence-corrected chi connectivity index (χ4v) is 1.30. The topological polar surface area (TPSA) is 66.6 Å². The van der Waals surface area contributed by atoms with E-state index in [-0.39, 0.29) is 5.56 Å². The number of hydrogen-bond acceptors (Lipinski definition) is 3. The van der Waals surface area contributed by atoms with E-state index < -0.39 is 5.97 Å². The van der Waals surface area contributed by atoms with Crippen molar-refractivity contribution in [1.82, 2.24) is 4.90 Å². The van der Waals surface area contributed by atoms with Gasteiger partial charge in [0.2, 0.25) is 0 Å². The smallest absolute Gasteiger partial charge is 0.335 e. The second-order valence-electron chi connectivity index (χ2n) is 3.77. The molecule has 1 rings (SSSR count). The SMILES string of the molecule is CN(C)CCc1ccc(C(=O)O)cc1N. The highest BCUT2D eigenvalue weighted by atomic mass is 16.4. The lowest BCUT2D eigenvalue weighted by atomic mass is 10.1. The predicted molar refractivity (Wildman–Crippen MR) is 60.1 cm³/mol. The van der Waals surface area contributed by atoms with Crippen LogP contribution in [0.3, 0.4) is 0 Å². The van der Waals surface area contributed by atoms with Crippen LogP contribution in [0.2, 0.25) is 0 Å². The van der Waals surface area contributed by atoms with Crippen LogP contribution in [0, 0.1) is 0 Å². The van der Waals surface area contributed by atoms with Crippen molar-refractivity contribution in [2.75, 3.05) is 26.4 Å². The minimum absolute atomic E-state index is 0.237. The fourth-order valence-electron chi connectivity index (χ4n) is 1.30.